The van der Waals surface area contributed by atoms with Crippen LogP contribution >= 0.6 is 0 Å². The van der Waals surface area contributed by atoms with E-state index in [4.69, 9.17) is 0 Å². The van der Waals surface area contributed by atoms with Gasteiger partial charge in [-0.15, -0.1) is 0 Å². The van der Waals surface area contributed by atoms with Crippen molar-refractivity contribution in [3.05, 3.63) is 29.3 Å². The summed E-state index contributed by atoms with van der Waals surface area (Å²) in [7, 11) is 0. The van der Waals surface area contributed by atoms with Crippen LogP contribution in [0.4, 0.5) is 5.69 Å². The van der Waals surface area contributed by atoms with Crippen LogP contribution in [0.3, 0.4) is 0 Å². The van der Waals surface area contributed by atoms with Gasteiger partial charge in [0.05, 0.1) is 0 Å². The van der Waals surface area contributed by atoms with Gasteiger partial charge in [-0.1, -0.05) is 19.9 Å². The molecule has 0 atom stereocenters. The Morgan fingerprint density at radius 3 is 2.25 bits per heavy atom. The first-order valence-corrected chi connectivity index (χ1v) is 7.66. The molecule has 0 aliphatic carbocycles. The molecule has 0 aliphatic heterocycles. The molecular weight excluding hydrogens is 248 g/mol. The quantitative estimate of drug-likeness (QED) is 0.784. The Bertz CT molecular complexity index is 423. The average molecular weight is 276 g/mol. The predicted molar refractivity (Wildman–Crippen MR) is 86.2 cm³/mol. The van der Waals surface area contributed by atoms with Crippen LogP contribution in [0.15, 0.2) is 18.2 Å². The summed E-state index contributed by atoms with van der Waals surface area (Å²) in [6, 6.07) is 6.05. The second-order valence-electron chi connectivity index (χ2n) is 5.44. The number of benzene rings is 1. The zero-order chi connectivity index (χ0) is 15.0. The van der Waals surface area contributed by atoms with Crippen LogP contribution in [-0.4, -0.2) is 30.4 Å². The summed E-state index contributed by atoms with van der Waals surface area (Å²) in [4.78, 5) is 14.3. The highest BCUT2D eigenvalue weighted by Gasteiger charge is 2.07. The van der Waals surface area contributed by atoms with E-state index in [1.54, 1.807) is 0 Å². The van der Waals surface area contributed by atoms with Crippen LogP contribution < -0.4 is 5.32 Å². The molecule has 0 saturated carbocycles. The van der Waals surface area contributed by atoms with Crippen LogP contribution in [-0.2, 0) is 4.79 Å². The molecule has 3 nitrogen and oxygen atoms in total. The third-order valence-corrected chi connectivity index (χ3v) is 3.53. The summed E-state index contributed by atoms with van der Waals surface area (Å²) in [6.45, 7) is 11.5. The second kappa shape index (κ2) is 8.75. The van der Waals surface area contributed by atoms with Crippen molar-refractivity contribution >= 4 is 11.6 Å². The SMILES string of the molecule is CCCN(CCC)CCC(=O)Nc1ccc(C)c(C)c1. The highest BCUT2D eigenvalue weighted by Crippen LogP contribution is 2.14. The molecule has 0 saturated heterocycles. The van der Waals surface area contributed by atoms with Gasteiger partial charge in [0.1, 0.15) is 0 Å². The number of aryl methyl sites for hydroxylation is 2. The monoisotopic (exact) mass is 276 g/mol. The summed E-state index contributed by atoms with van der Waals surface area (Å²) in [5.74, 6) is 0.102. The third-order valence-electron chi connectivity index (χ3n) is 3.53. The number of anilines is 1. The highest BCUT2D eigenvalue weighted by molar-refractivity contribution is 5.90. The number of amides is 1. The highest BCUT2D eigenvalue weighted by atomic mass is 16.1. The van der Waals surface area contributed by atoms with Gasteiger partial charge in [0.2, 0.25) is 5.91 Å². The lowest BCUT2D eigenvalue weighted by molar-refractivity contribution is -0.116. The van der Waals surface area contributed by atoms with Crippen molar-refractivity contribution in [1.29, 1.82) is 0 Å². The van der Waals surface area contributed by atoms with Crippen LogP contribution in [0.25, 0.3) is 0 Å². The van der Waals surface area contributed by atoms with Crippen molar-refractivity contribution in [2.45, 2.75) is 47.0 Å². The summed E-state index contributed by atoms with van der Waals surface area (Å²) >= 11 is 0. The van der Waals surface area contributed by atoms with E-state index in [1.807, 2.05) is 18.2 Å². The number of rotatable bonds is 8. The van der Waals surface area contributed by atoms with Gasteiger partial charge in [-0.2, -0.15) is 0 Å². The molecule has 3 heteroatoms. The maximum Gasteiger partial charge on any atom is 0.225 e. The van der Waals surface area contributed by atoms with E-state index in [2.05, 4.69) is 37.9 Å². The molecule has 0 radical (unpaired) electrons. The Morgan fingerprint density at radius 2 is 1.70 bits per heavy atom. The standard InChI is InChI=1S/C17H28N2O/c1-5-10-19(11-6-2)12-9-17(20)18-16-8-7-14(3)15(4)13-16/h7-8,13H,5-6,9-12H2,1-4H3,(H,18,20). The number of carbonyl (C=O) groups is 1. The van der Waals surface area contributed by atoms with E-state index in [0.29, 0.717) is 6.42 Å². The summed E-state index contributed by atoms with van der Waals surface area (Å²) in [5, 5.41) is 2.98. The zero-order valence-corrected chi connectivity index (χ0v) is 13.3. The second-order valence-corrected chi connectivity index (χ2v) is 5.44. The van der Waals surface area contributed by atoms with Gasteiger partial charge in [-0.25, -0.2) is 0 Å². The van der Waals surface area contributed by atoms with Gasteiger partial charge in [0, 0.05) is 18.7 Å². The molecular formula is C17H28N2O. The first-order valence-electron chi connectivity index (χ1n) is 7.66. The maximum absolute atomic E-state index is 12.0. The molecule has 1 amide bonds. The number of hydrogen-bond acceptors (Lipinski definition) is 2. The molecule has 0 aliphatic rings. The lowest BCUT2D eigenvalue weighted by Crippen LogP contribution is -2.29. The molecule has 1 aromatic rings. The van der Waals surface area contributed by atoms with E-state index < -0.39 is 0 Å². The van der Waals surface area contributed by atoms with Gasteiger partial charge in [-0.05, 0) is 63.0 Å². The van der Waals surface area contributed by atoms with E-state index in [9.17, 15) is 4.79 Å². The lowest BCUT2D eigenvalue weighted by atomic mass is 10.1. The molecule has 0 unspecified atom stereocenters. The number of carbonyl (C=O) groups excluding carboxylic acids is 1. The fourth-order valence-corrected chi connectivity index (χ4v) is 2.27. The molecule has 0 bridgehead atoms. The molecule has 0 fully saturated rings. The van der Waals surface area contributed by atoms with Gasteiger partial charge >= 0.3 is 0 Å². The molecule has 1 aromatic carbocycles. The van der Waals surface area contributed by atoms with E-state index in [-0.39, 0.29) is 5.91 Å². The normalized spacial score (nSPS) is 10.8. The van der Waals surface area contributed by atoms with Crippen molar-refractivity contribution in [3.63, 3.8) is 0 Å². The molecule has 20 heavy (non-hydrogen) atoms. The fourth-order valence-electron chi connectivity index (χ4n) is 2.27. The van der Waals surface area contributed by atoms with Crippen molar-refractivity contribution in [2.24, 2.45) is 0 Å². The minimum atomic E-state index is 0.102. The Kier molecular flexibility index (Phi) is 7.31. The first-order chi connectivity index (χ1) is 9.56. The topological polar surface area (TPSA) is 32.3 Å². The van der Waals surface area contributed by atoms with Crippen LogP contribution in [0.5, 0.6) is 0 Å². The third kappa shape index (κ3) is 5.74. The smallest absolute Gasteiger partial charge is 0.225 e. The first kappa shape index (κ1) is 16.7. The summed E-state index contributed by atoms with van der Waals surface area (Å²) in [6.07, 6.45) is 2.84. The predicted octanol–water partition coefficient (Wildman–Crippen LogP) is 3.75. The summed E-state index contributed by atoms with van der Waals surface area (Å²) in [5.41, 5.74) is 3.36. The maximum atomic E-state index is 12.0. The number of nitrogens with one attached hydrogen (secondary N) is 1. The van der Waals surface area contributed by atoms with E-state index in [0.717, 1.165) is 38.2 Å². The van der Waals surface area contributed by atoms with Crippen LogP contribution in [0.1, 0.15) is 44.2 Å². The van der Waals surface area contributed by atoms with Crippen molar-refractivity contribution < 1.29 is 4.79 Å². The Labute approximate surface area is 123 Å². The van der Waals surface area contributed by atoms with Gasteiger partial charge < -0.3 is 10.2 Å². The lowest BCUT2D eigenvalue weighted by Gasteiger charge is -2.20. The summed E-state index contributed by atoms with van der Waals surface area (Å²) < 4.78 is 0. The van der Waals surface area contributed by atoms with Crippen molar-refractivity contribution in [2.75, 3.05) is 25.0 Å². The fraction of sp³-hybridized carbons (Fsp3) is 0.588. The largest absolute Gasteiger partial charge is 0.326 e. The Morgan fingerprint density at radius 1 is 1.05 bits per heavy atom. The van der Waals surface area contributed by atoms with Crippen LogP contribution in [0.2, 0.25) is 0 Å². The number of nitrogens with zero attached hydrogens (tertiary/aromatic N) is 1. The molecule has 0 heterocycles. The molecule has 1 rings (SSSR count). The molecule has 0 spiro atoms. The van der Waals surface area contributed by atoms with E-state index >= 15 is 0 Å². The minimum Gasteiger partial charge on any atom is -0.326 e. The van der Waals surface area contributed by atoms with Crippen molar-refractivity contribution in [1.82, 2.24) is 4.90 Å². The molecule has 0 aromatic heterocycles. The van der Waals surface area contributed by atoms with Gasteiger partial charge in [0.15, 0.2) is 0 Å². The zero-order valence-electron chi connectivity index (χ0n) is 13.3. The van der Waals surface area contributed by atoms with Gasteiger partial charge in [-0.3, -0.25) is 4.79 Å². The van der Waals surface area contributed by atoms with Crippen molar-refractivity contribution in [3.8, 4) is 0 Å². The Balaban J connectivity index is 2.44. The van der Waals surface area contributed by atoms with Crippen LogP contribution in [0, 0.1) is 13.8 Å². The van der Waals surface area contributed by atoms with E-state index in [1.165, 1.54) is 11.1 Å². The average Bonchev–Trinajstić information content (AvgIpc) is 2.41. The molecule has 112 valence electrons. The molecule has 1 N–H and O–H groups in total. The van der Waals surface area contributed by atoms with Gasteiger partial charge in [0.25, 0.3) is 0 Å². The Hall–Kier alpha value is -1.35. The number of hydrogen-bond donors (Lipinski definition) is 1. The minimum absolute atomic E-state index is 0.102.